The summed E-state index contributed by atoms with van der Waals surface area (Å²) in [4.78, 5) is 26.4. The number of hydrogen-bond donors (Lipinski definition) is 2. The average molecular weight is 273 g/mol. The Morgan fingerprint density at radius 1 is 1.20 bits per heavy atom. The maximum absolute atomic E-state index is 12.7. The molecular formula is C15H19N3O2. The van der Waals surface area contributed by atoms with Gasteiger partial charge in [0, 0.05) is 31.7 Å². The molecule has 0 spiro atoms. The number of para-hydroxylation sites is 1. The largest absolute Gasteiger partial charge is 0.341 e. The van der Waals surface area contributed by atoms with E-state index >= 15 is 0 Å². The Kier molecular flexibility index (Phi) is 3.69. The lowest BCUT2D eigenvalue weighted by molar-refractivity contribution is -0.134. The third-order valence-corrected chi connectivity index (χ3v) is 3.95. The first kappa shape index (κ1) is 13.1. The van der Waals surface area contributed by atoms with Crippen LogP contribution in [0.5, 0.6) is 0 Å². The molecule has 1 saturated heterocycles. The fraction of sp³-hybridized carbons (Fsp3) is 0.467. The van der Waals surface area contributed by atoms with Gasteiger partial charge in [0.05, 0.1) is 5.92 Å². The number of hydrogen-bond acceptors (Lipinski definition) is 3. The predicted octanol–water partition coefficient (Wildman–Crippen LogP) is 0.934. The number of carbonyl (C=O) groups is 2. The zero-order chi connectivity index (χ0) is 13.9. The Bertz CT molecular complexity index is 522. The summed E-state index contributed by atoms with van der Waals surface area (Å²) in [5.74, 6) is -0.330. The lowest BCUT2D eigenvalue weighted by Crippen LogP contribution is -2.40. The van der Waals surface area contributed by atoms with Crippen molar-refractivity contribution in [2.45, 2.75) is 18.8 Å². The van der Waals surface area contributed by atoms with E-state index in [9.17, 15) is 9.59 Å². The number of nitrogens with zero attached hydrogens (tertiary/aromatic N) is 1. The standard InChI is InChI=1S/C15H19N3O2/c19-14-10-12(11-4-1-2-5-13(11)17-14)15(20)18-8-3-6-16-7-9-18/h1-2,4-5,12,16H,3,6-10H2,(H,17,19). The zero-order valence-corrected chi connectivity index (χ0v) is 11.4. The molecule has 1 aromatic carbocycles. The summed E-state index contributed by atoms with van der Waals surface area (Å²) in [6, 6.07) is 7.59. The molecule has 0 saturated carbocycles. The van der Waals surface area contributed by atoms with Gasteiger partial charge in [0.2, 0.25) is 11.8 Å². The molecular weight excluding hydrogens is 254 g/mol. The lowest BCUT2D eigenvalue weighted by Gasteiger charge is -2.29. The minimum absolute atomic E-state index is 0.0741. The molecule has 2 heterocycles. The second kappa shape index (κ2) is 5.63. The van der Waals surface area contributed by atoms with Crippen LogP contribution in [-0.2, 0) is 9.59 Å². The van der Waals surface area contributed by atoms with Crippen molar-refractivity contribution in [3.05, 3.63) is 29.8 Å². The topological polar surface area (TPSA) is 61.4 Å². The van der Waals surface area contributed by atoms with Crippen molar-refractivity contribution in [2.24, 2.45) is 0 Å². The highest BCUT2D eigenvalue weighted by Gasteiger charge is 2.33. The molecule has 2 amide bonds. The number of rotatable bonds is 1. The number of benzene rings is 1. The molecule has 2 aliphatic heterocycles. The number of anilines is 1. The third-order valence-electron chi connectivity index (χ3n) is 3.95. The van der Waals surface area contributed by atoms with E-state index in [0.29, 0.717) is 0 Å². The van der Waals surface area contributed by atoms with Crippen molar-refractivity contribution in [1.29, 1.82) is 0 Å². The number of carbonyl (C=O) groups excluding carboxylic acids is 2. The van der Waals surface area contributed by atoms with E-state index < -0.39 is 0 Å². The van der Waals surface area contributed by atoms with E-state index in [-0.39, 0.29) is 24.2 Å². The minimum Gasteiger partial charge on any atom is -0.341 e. The summed E-state index contributed by atoms with van der Waals surface area (Å²) in [7, 11) is 0. The Balaban J connectivity index is 1.85. The second-order valence-corrected chi connectivity index (χ2v) is 5.32. The van der Waals surface area contributed by atoms with Gasteiger partial charge in [-0.3, -0.25) is 9.59 Å². The number of nitrogens with one attached hydrogen (secondary N) is 2. The molecule has 2 N–H and O–H groups in total. The molecule has 0 aliphatic carbocycles. The molecule has 5 heteroatoms. The van der Waals surface area contributed by atoms with E-state index in [0.717, 1.165) is 43.9 Å². The van der Waals surface area contributed by atoms with E-state index in [1.54, 1.807) is 0 Å². The molecule has 1 unspecified atom stereocenters. The summed E-state index contributed by atoms with van der Waals surface area (Å²) < 4.78 is 0. The minimum atomic E-state index is -0.335. The summed E-state index contributed by atoms with van der Waals surface area (Å²) in [6.45, 7) is 3.27. The summed E-state index contributed by atoms with van der Waals surface area (Å²) in [5.41, 5.74) is 1.71. The molecule has 1 atom stereocenters. The maximum Gasteiger partial charge on any atom is 0.230 e. The monoisotopic (exact) mass is 273 g/mol. The zero-order valence-electron chi connectivity index (χ0n) is 11.4. The maximum atomic E-state index is 12.7. The van der Waals surface area contributed by atoms with Crippen LogP contribution in [0.4, 0.5) is 5.69 Å². The van der Waals surface area contributed by atoms with Gasteiger partial charge in [-0.15, -0.1) is 0 Å². The van der Waals surface area contributed by atoms with Crippen LogP contribution in [0.15, 0.2) is 24.3 Å². The van der Waals surface area contributed by atoms with E-state index in [2.05, 4.69) is 10.6 Å². The van der Waals surface area contributed by atoms with Crippen LogP contribution < -0.4 is 10.6 Å². The van der Waals surface area contributed by atoms with E-state index in [1.165, 1.54) is 0 Å². The molecule has 0 bridgehead atoms. The highest BCUT2D eigenvalue weighted by molar-refractivity contribution is 6.01. The molecule has 106 valence electrons. The van der Waals surface area contributed by atoms with Gasteiger partial charge in [-0.1, -0.05) is 18.2 Å². The molecule has 20 heavy (non-hydrogen) atoms. The van der Waals surface area contributed by atoms with Crippen LogP contribution in [0.25, 0.3) is 0 Å². The van der Waals surface area contributed by atoms with Gasteiger partial charge in [-0.05, 0) is 24.6 Å². The average Bonchev–Trinajstić information content (AvgIpc) is 2.74. The Labute approximate surface area is 118 Å². The molecule has 0 aromatic heterocycles. The fourth-order valence-corrected chi connectivity index (χ4v) is 2.92. The van der Waals surface area contributed by atoms with Crippen molar-refractivity contribution >= 4 is 17.5 Å². The molecule has 0 radical (unpaired) electrons. The normalized spacial score (nSPS) is 22.7. The van der Waals surface area contributed by atoms with Crippen LogP contribution in [0.1, 0.15) is 24.3 Å². The van der Waals surface area contributed by atoms with Gasteiger partial charge in [-0.25, -0.2) is 0 Å². The first-order valence-electron chi connectivity index (χ1n) is 7.14. The van der Waals surface area contributed by atoms with Gasteiger partial charge in [0.15, 0.2) is 0 Å². The first-order valence-corrected chi connectivity index (χ1v) is 7.14. The molecule has 5 nitrogen and oxygen atoms in total. The second-order valence-electron chi connectivity index (χ2n) is 5.32. The number of fused-ring (bicyclic) bond motifs is 1. The van der Waals surface area contributed by atoms with Crippen molar-refractivity contribution in [1.82, 2.24) is 10.2 Å². The molecule has 1 fully saturated rings. The molecule has 3 rings (SSSR count). The van der Waals surface area contributed by atoms with Gasteiger partial charge < -0.3 is 15.5 Å². The van der Waals surface area contributed by atoms with Crippen LogP contribution in [0.2, 0.25) is 0 Å². The fourth-order valence-electron chi connectivity index (χ4n) is 2.92. The van der Waals surface area contributed by atoms with Crippen LogP contribution in [0, 0.1) is 0 Å². The van der Waals surface area contributed by atoms with Gasteiger partial charge in [-0.2, -0.15) is 0 Å². The Morgan fingerprint density at radius 2 is 2.05 bits per heavy atom. The van der Waals surface area contributed by atoms with Crippen molar-refractivity contribution in [3.63, 3.8) is 0 Å². The van der Waals surface area contributed by atoms with Gasteiger partial charge >= 0.3 is 0 Å². The highest BCUT2D eigenvalue weighted by Crippen LogP contribution is 2.33. The molecule has 2 aliphatic rings. The number of amides is 2. The van der Waals surface area contributed by atoms with E-state index in [1.807, 2.05) is 29.2 Å². The highest BCUT2D eigenvalue weighted by atomic mass is 16.2. The lowest BCUT2D eigenvalue weighted by atomic mass is 9.89. The van der Waals surface area contributed by atoms with Crippen molar-refractivity contribution in [3.8, 4) is 0 Å². The van der Waals surface area contributed by atoms with Crippen LogP contribution in [-0.4, -0.2) is 42.9 Å². The molecule has 1 aromatic rings. The first-order chi connectivity index (χ1) is 9.75. The predicted molar refractivity (Wildman–Crippen MR) is 76.5 cm³/mol. The van der Waals surface area contributed by atoms with Gasteiger partial charge in [0.25, 0.3) is 0 Å². The summed E-state index contributed by atoms with van der Waals surface area (Å²) in [6.07, 6.45) is 1.21. The SMILES string of the molecule is O=C1CC(C(=O)N2CCCNCC2)c2ccccc2N1. The summed E-state index contributed by atoms with van der Waals surface area (Å²) >= 11 is 0. The van der Waals surface area contributed by atoms with Crippen molar-refractivity contribution in [2.75, 3.05) is 31.5 Å². The van der Waals surface area contributed by atoms with Gasteiger partial charge in [0.1, 0.15) is 0 Å². The third kappa shape index (κ3) is 2.54. The van der Waals surface area contributed by atoms with Crippen LogP contribution in [0.3, 0.4) is 0 Å². The summed E-state index contributed by atoms with van der Waals surface area (Å²) in [5, 5.41) is 6.13. The smallest absolute Gasteiger partial charge is 0.230 e. The Morgan fingerprint density at radius 3 is 2.95 bits per heavy atom. The van der Waals surface area contributed by atoms with Crippen molar-refractivity contribution < 1.29 is 9.59 Å². The van der Waals surface area contributed by atoms with E-state index in [4.69, 9.17) is 0 Å². The quantitative estimate of drug-likeness (QED) is 0.800. The Hall–Kier alpha value is -1.88. The van der Waals surface area contributed by atoms with Crippen LogP contribution >= 0.6 is 0 Å².